The quantitative estimate of drug-likeness (QED) is 0.761. The highest BCUT2D eigenvalue weighted by Gasteiger charge is 2.13. The Labute approximate surface area is 136 Å². The lowest BCUT2D eigenvalue weighted by molar-refractivity contribution is -0.127. The van der Waals surface area contributed by atoms with Crippen LogP contribution in [0.1, 0.15) is 6.92 Å². The molecule has 5 nitrogen and oxygen atoms in total. The van der Waals surface area contributed by atoms with Gasteiger partial charge < -0.3 is 19.5 Å². The van der Waals surface area contributed by atoms with Crippen molar-refractivity contribution in [2.24, 2.45) is 0 Å². The predicted octanol–water partition coefficient (Wildman–Crippen LogP) is 2.66. The number of carbonyl (C=O) groups excluding carboxylic acids is 1. The van der Waals surface area contributed by atoms with E-state index in [1.165, 1.54) is 0 Å². The van der Waals surface area contributed by atoms with E-state index in [4.69, 9.17) is 14.2 Å². The van der Waals surface area contributed by atoms with Gasteiger partial charge in [0, 0.05) is 0 Å². The highest BCUT2D eigenvalue weighted by molar-refractivity contribution is 5.80. The number of para-hydroxylation sites is 1. The molecule has 0 aliphatic rings. The minimum Gasteiger partial charge on any atom is -0.497 e. The molecule has 1 amide bonds. The second kappa shape index (κ2) is 8.68. The monoisotopic (exact) mass is 315 g/mol. The summed E-state index contributed by atoms with van der Waals surface area (Å²) in [5, 5.41) is 2.78. The second-order valence-electron chi connectivity index (χ2n) is 4.89. The number of methoxy groups -OCH3 is 1. The van der Waals surface area contributed by atoms with Gasteiger partial charge in [0.2, 0.25) is 0 Å². The van der Waals surface area contributed by atoms with Crippen molar-refractivity contribution >= 4 is 5.91 Å². The zero-order valence-electron chi connectivity index (χ0n) is 13.3. The molecule has 2 aromatic rings. The third-order valence-corrected chi connectivity index (χ3v) is 3.15. The van der Waals surface area contributed by atoms with Crippen LogP contribution in [0.25, 0.3) is 0 Å². The van der Waals surface area contributed by atoms with E-state index in [0.717, 1.165) is 11.5 Å². The van der Waals surface area contributed by atoms with Crippen LogP contribution in [0.2, 0.25) is 0 Å². The second-order valence-corrected chi connectivity index (χ2v) is 4.89. The van der Waals surface area contributed by atoms with Crippen molar-refractivity contribution in [1.82, 2.24) is 5.32 Å². The summed E-state index contributed by atoms with van der Waals surface area (Å²) in [4.78, 5) is 11.9. The molecule has 0 fully saturated rings. The minimum atomic E-state index is -0.557. The van der Waals surface area contributed by atoms with Crippen LogP contribution in [-0.4, -0.2) is 32.3 Å². The van der Waals surface area contributed by atoms with Gasteiger partial charge in [-0.25, -0.2) is 0 Å². The molecule has 1 unspecified atom stereocenters. The molecule has 23 heavy (non-hydrogen) atoms. The molecule has 0 saturated heterocycles. The maximum absolute atomic E-state index is 11.9. The molecule has 0 aliphatic heterocycles. The number of amides is 1. The number of ether oxygens (including phenoxy) is 3. The molecule has 1 atom stereocenters. The first kappa shape index (κ1) is 16.7. The molecule has 0 aromatic heterocycles. The number of nitrogens with one attached hydrogen (secondary N) is 1. The van der Waals surface area contributed by atoms with E-state index in [2.05, 4.69) is 5.32 Å². The van der Waals surface area contributed by atoms with Crippen molar-refractivity contribution < 1.29 is 19.0 Å². The zero-order chi connectivity index (χ0) is 16.5. The molecule has 2 rings (SSSR count). The molecule has 0 saturated carbocycles. The number of carbonyl (C=O) groups is 1. The van der Waals surface area contributed by atoms with E-state index in [0.29, 0.717) is 18.9 Å². The first-order valence-electron chi connectivity index (χ1n) is 7.45. The topological polar surface area (TPSA) is 56.8 Å². The largest absolute Gasteiger partial charge is 0.497 e. The molecule has 5 heteroatoms. The maximum atomic E-state index is 11.9. The van der Waals surface area contributed by atoms with Crippen LogP contribution < -0.4 is 19.5 Å². The molecular weight excluding hydrogens is 294 g/mol. The number of benzene rings is 2. The van der Waals surface area contributed by atoms with Crippen LogP contribution in [0.3, 0.4) is 0 Å². The van der Waals surface area contributed by atoms with Crippen LogP contribution >= 0.6 is 0 Å². The Morgan fingerprint density at radius 3 is 2.30 bits per heavy atom. The van der Waals surface area contributed by atoms with Crippen molar-refractivity contribution in [3.05, 3.63) is 54.6 Å². The van der Waals surface area contributed by atoms with E-state index >= 15 is 0 Å². The van der Waals surface area contributed by atoms with E-state index in [9.17, 15) is 4.79 Å². The van der Waals surface area contributed by atoms with Gasteiger partial charge in [0.15, 0.2) is 6.10 Å². The van der Waals surface area contributed by atoms with E-state index < -0.39 is 6.10 Å². The lowest BCUT2D eigenvalue weighted by atomic mass is 10.3. The van der Waals surface area contributed by atoms with E-state index in [1.54, 1.807) is 14.0 Å². The third-order valence-electron chi connectivity index (χ3n) is 3.15. The lowest BCUT2D eigenvalue weighted by Crippen LogP contribution is -2.38. The Kier molecular flexibility index (Phi) is 6.29. The Morgan fingerprint density at radius 1 is 1.00 bits per heavy atom. The molecule has 1 N–H and O–H groups in total. The van der Waals surface area contributed by atoms with Crippen LogP contribution in [0.4, 0.5) is 0 Å². The van der Waals surface area contributed by atoms with Crippen molar-refractivity contribution in [1.29, 1.82) is 0 Å². The Morgan fingerprint density at radius 2 is 1.65 bits per heavy atom. The van der Waals surface area contributed by atoms with Crippen molar-refractivity contribution in [2.75, 3.05) is 20.3 Å². The Balaban J connectivity index is 1.67. The van der Waals surface area contributed by atoms with Crippen molar-refractivity contribution in [2.45, 2.75) is 13.0 Å². The van der Waals surface area contributed by atoms with Crippen LogP contribution in [-0.2, 0) is 4.79 Å². The molecule has 2 aromatic carbocycles. The van der Waals surface area contributed by atoms with E-state index in [1.807, 2.05) is 54.6 Å². The molecule has 0 heterocycles. The predicted molar refractivity (Wildman–Crippen MR) is 88.0 cm³/mol. The summed E-state index contributed by atoms with van der Waals surface area (Å²) in [5.74, 6) is 2.00. The van der Waals surface area contributed by atoms with Gasteiger partial charge in [-0.15, -0.1) is 0 Å². The van der Waals surface area contributed by atoms with Gasteiger partial charge in [-0.3, -0.25) is 4.79 Å². The fraction of sp³-hybridized carbons (Fsp3) is 0.278. The van der Waals surface area contributed by atoms with Crippen LogP contribution in [0.15, 0.2) is 54.6 Å². The number of hydrogen-bond acceptors (Lipinski definition) is 4. The van der Waals surface area contributed by atoms with Gasteiger partial charge in [0.05, 0.1) is 13.7 Å². The van der Waals surface area contributed by atoms with Gasteiger partial charge in [-0.1, -0.05) is 18.2 Å². The molecular formula is C18H21NO4. The lowest BCUT2D eigenvalue weighted by Gasteiger charge is -2.15. The van der Waals surface area contributed by atoms with Crippen molar-refractivity contribution in [3.8, 4) is 17.2 Å². The average molecular weight is 315 g/mol. The van der Waals surface area contributed by atoms with E-state index in [-0.39, 0.29) is 5.91 Å². The summed E-state index contributed by atoms with van der Waals surface area (Å²) in [6.07, 6.45) is -0.557. The first-order chi connectivity index (χ1) is 11.2. The normalized spacial score (nSPS) is 11.4. The molecule has 0 radical (unpaired) electrons. The standard InChI is InChI=1S/C18H21NO4/c1-14(23-17-6-4-3-5-7-17)18(20)19-12-13-22-16-10-8-15(21-2)9-11-16/h3-11,14H,12-13H2,1-2H3,(H,19,20). The smallest absolute Gasteiger partial charge is 0.260 e. The summed E-state index contributed by atoms with van der Waals surface area (Å²) < 4.78 is 16.2. The van der Waals surface area contributed by atoms with Gasteiger partial charge in [-0.05, 0) is 43.3 Å². The highest BCUT2D eigenvalue weighted by Crippen LogP contribution is 2.16. The summed E-state index contributed by atoms with van der Waals surface area (Å²) >= 11 is 0. The van der Waals surface area contributed by atoms with Gasteiger partial charge >= 0.3 is 0 Å². The zero-order valence-corrected chi connectivity index (χ0v) is 13.3. The summed E-state index contributed by atoms with van der Waals surface area (Å²) in [5.41, 5.74) is 0. The fourth-order valence-corrected chi connectivity index (χ4v) is 1.92. The van der Waals surface area contributed by atoms with Crippen LogP contribution in [0.5, 0.6) is 17.2 Å². The SMILES string of the molecule is COc1ccc(OCCNC(=O)C(C)Oc2ccccc2)cc1. The Hall–Kier alpha value is -2.69. The van der Waals surface area contributed by atoms with Crippen molar-refractivity contribution in [3.63, 3.8) is 0 Å². The third kappa shape index (κ3) is 5.54. The maximum Gasteiger partial charge on any atom is 0.260 e. The molecule has 0 bridgehead atoms. The number of hydrogen-bond donors (Lipinski definition) is 1. The number of rotatable bonds is 8. The average Bonchev–Trinajstić information content (AvgIpc) is 2.60. The highest BCUT2D eigenvalue weighted by atomic mass is 16.5. The summed E-state index contributed by atoms with van der Waals surface area (Å²) in [6.45, 7) is 2.51. The minimum absolute atomic E-state index is 0.174. The Bertz CT molecular complexity index is 598. The first-order valence-corrected chi connectivity index (χ1v) is 7.45. The van der Waals surface area contributed by atoms with Gasteiger partial charge in [0.25, 0.3) is 5.91 Å². The molecule has 0 aliphatic carbocycles. The van der Waals surface area contributed by atoms with Gasteiger partial charge in [0.1, 0.15) is 23.9 Å². The van der Waals surface area contributed by atoms with Gasteiger partial charge in [-0.2, -0.15) is 0 Å². The summed E-state index contributed by atoms with van der Waals surface area (Å²) in [6, 6.07) is 16.5. The van der Waals surface area contributed by atoms with Crippen LogP contribution in [0, 0.1) is 0 Å². The fourth-order valence-electron chi connectivity index (χ4n) is 1.92. The summed E-state index contributed by atoms with van der Waals surface area (Å²) in [7, 11) is 1.62. The molecule has 122 valence electrons. The molecule has 0 spiro atoms.